The third kappa shape index (κ3) is 3.99. The SMILES string of the molecule is O=C(Cc1c(F)c(F)c(F)c(F)c1F)Nc1ccnn1Cc1ccc(Cl)cc1. The minimum Gasteiger partial charge on any atom is -0.311 e. The number of aromatic nitrogens is 2. The van der Waals surface area contributed by atoms with Gasteiger partial charge in [-0.15, -0.1) is 0 Å². The summed E-state index contributed by atoms with van der Waals surface area (Å²) >= 11 is 5.81. The van der Waals surface area contributed by atoms with Gasteiger partial charge < -0.3 is 5.32 Å². The van der Waals surface area contributed by atoms with Crippen molar-refractivity contribution in [3.63, 3.8) is 0 Å². The van der Waals surface area contributed by atoms with Crippen molar-refractivity contribution in [3.05, 3.63) is 81.8 Å². The highest BCUT2D eigenvalue weighted by molar-refractivity contribution is 6.30. The molecule has 0 unspecified atom stereocenters. The maximum Gasteiger partial charge on any atom is 0.230 e. The maximum atomic E-state index is 13.7. The van der Waals surface area contributed by atoms with Crippen LogP contribution in [0.15, 0.2) is 36.5 Å². The molecule has 1 amide bonds. The summed E-state index contributed by atoms with van der Waals surface area (Å²) in [7, 11) is 0. The third-order valence-electron chi connectivity index (χ3n) is 3.87. The number of nitrogens with one attached hydrogen (secondary N) is 1. The number of halogens is 6. The number of anilines is 1. The van der Waals surface area contributed by atoms with E-state index in [1.807, 2.05) is 0 Å². The van der Waals surface area contributed by atoms with Gasteiger partial charge >= 0.3 is 0 Å². The van der Waals surface area contributed by atoms with Crippen molar-refractivity contribution in [3.8, 4) is 0 Å². The van der Waals surface area contributed by atoms with Gasteiger partial charge in [0.1, 0.15) is 5.82 Å². The fraction of sp³-hybridized carbons (Fsp3) is 0.111. The summed E-state index contributed by atoms with van der Waals surface area (Å²) in [5, 5.41) is 6.90. The van der Waals surface area contributed by atoms with Crippen LogP contribution in [0.2, 0.25) is 5.02 Å². The van der Waals surface area contributed by atoms with Gasteiger partial charge in [-0.1, -0.05) is 23.7 Å². The standard InChI is InChI=1S/C18H11ClF5N3O/c19-10-3-1-9(2-4-10)8-27-12(5-6-25-27)26-13(28)7-11-14(20)16(22)18(24)17(23)15(11)21/h1-6H,7-8H2,(H,26,28). The quantitative estimate of drug-likeness (QED) is 0.380. The Bertz CT molecular complexity index is 1010. The van der Waals surface area contributed by atoms with E-state index in [1.54, 1.807) is 24.3 Å². The summed E-state index contributed by atoms with van der Waals surface area (Å²) < 4.78 is 68.4. The van der Waals surface area contributed by atoms with E-state index < -0.39 is 47.0 Å². The molecule has 0 aliphatic carbocycles. The van der Waals surface area contributed by atoms with Gasteiger partial charge in [0.25, 0.3) is 0 Å². The van der Waals surface area contributed by atoms with E-state index in [2.05, 4.69) is 10.4 Å². The summed E-state index contributed by atoms with van der Waals surface area (Å²) in [6.07, 6.45) is 0.335. The topological polar surface area (TPSA) is 46.9 Å². The van der Waals surface area contributed by atoms with Crippen LogP contribution in [0.5, 0.6) is 0 Å². The fourth-order valence-electron chi connectivity index (χ4n) is 2.48. The Morgan fingerprint density at radius 2 is 1.50 bits per heavy atom. The molecular weight excluding hydrogens is 405 g/mol. The lowest BCUT2D eigenvalue weighted by atomic mass is 10.1. The molecule has 0 fully saturated rings. The molecule has 28 heavy (non-hydrogen) atoms. The Morgan fingerprint density at radius 1 is 0.929 bits per heavy atom. The molecule has 0 aliphatic rings. The smallest absolute Gasteiger partial charge is 0.230 e. The Labute approximate surface area is 160 Å². The number of amides is 1. The first-order valence-electron chi connectivity index (χ1n) is 7.84. The fourth-order valence-corrected chi connectivity index (χ4v) is 2.61. The monoisotopic (exact) mass is 415 g/mol. The predicted molar refractivity (Wildman–Crippen MR) is 91.3 cm³/mol. The number of carbonyl (C=O) groups excluding carboxylic acids is 1. The van der Waals surface area contributed by atoms with Crippen molar-refractivity contribution < 1.29 is 26.7 Å². The minimum absolute atomic E-state index is 0.184. The molecule has 4 nitrogen and oxygen atoms in total. The van der Waals surface area contributed by atoms with Gasteiger partial charge in [0, 0.05) is 16.7 Å². The van der Waals surface area contributed by atoms with E-state index in [-0.39, 0.29) is 12.4 Å². The van der Waals surface area contributed by atoms with E-state index in [0.717, 1.165) is 5.56 Å². The zero-order valence-corrected chi connectivity index (χ0v) is 14.7. The largest absolute Gasteiger partial charge is 0.311 e. The highest BCUT2D eigenvalue weighted by atomic mass is 35.5. The zero-order chi connectivity index (χ0) is 20.4. The average molecular weight is 416 g/mol. The normalized spacial score (nSPS) is 10.9. The number of rotatable bonds is 5. The Hall–Kier alpha value is -2.94. The van der Waals surface area contributed by atoms with E-state index in [0.29, 0.717) is 5.02 Å². The lowest BCUT2D eigenvalue weighted by molar-refractivity contribution is -0.115. The summed E-state index contributed by atoms with van der Waals surface area (Å²) in [6.45, 7) is 0.252. The summed E-state index contributed by atoms with van der Waals surface area (Å²) in [6, 6.07) is 8.24. The van der Waals surface area contributed by atoms with Crippen LogP contribution in [-0.4, -0.2) is 15.7 Å². The van der Waals surface area contributed by atoms with Crippen LogP contribution in [0.25, 0.3) is 0 Å². The number of hydrogen-bond donors (Lipinski definition) is 1. The highest BCUT2D eigenvalue weighted by Crippen LogP contribution is 2.24. The minimum atomic E-state index is -2.28. The van der Waals surface area contributed by atoms with Gasteiger partial charge in [-0.25, -0.2) is 26.6 Å². The summed E-state index contributed by atoms with van der Waals surface area (Å²) in [5.41, 5.74) is -0.402. The lowest BCUT2D eigenvalue weighted by Gasteiger charge is -2.11. The Kier molecular flexibility index (Phi) is 5.64. The van der Waals surface area contributed by atoms with Crippen LogP contribution in [0, 0.1) is 29.1 Å². The van der Waals surface area contributed by atoms with E-state index >= 15 is 0 Å². The molecule has 10 heteroatoms. The molecule has 3 rings (SSSR count). The molecule has 0 radical (unpaired) electrons. The number of benzene rings is 2. The van der Waals surface area contributed by atoms with Gasteiger partial charge in [0.05, 0.1) is 19.2 Å². The van der Waals surface area contributed by atoms with Crippen LogP contribution in [0.1, 0.15) is 11.1 Å². The van der Waals surface area contributed by atoms with Crippen LogP contribution in [0.4, 0.5) is 27.8 Å². The lowest BCUT2D eigenvalue weighted by Crippen LogP contribution is -2.20. The second kappa shape index (κ2) is 7.97. The number of nitrogens with zero attached hydrogens (tertiary/aromatic N) is 2. The molecule has 0 aliphatic heterocycles. The van der Waals surface area contributed by atoms with Gasteiger partial charge in [0.2, 0.25) is 11.7 Å². The third-order valence-corrected chi connectivity index (χ3v) is 4.12. The molecule has 0 saturated carbocycles. The molecule has 0 bridgehead atoms. The van der Waals surface area contributed by atoms with Gasteiger partial charge in [-0.05, 0) is 17.7 Å². The van der Waals surface area contributed by atoms with Gasteiger partial charge in [0.15, 0.2) is 23.3 Å². The molecule has 146 valence electrons. The first-order chi connectivity index (χ1) is 13.3. The Morgan fingerprint density at radius 3 is 2.11 bits per heavy atom. The second-order valence-corrected chi connectivity index (χ2v) is 6.21. The summed E-state index contributed by atoms with van der Waals surface area (Å²) in [5.74, 6) is -11.4. The van der Waals surface area contributed by atoms with Crippen molar-refractivity contribution in [2.45, 2.75) is 13.0 Å². The van der Waals surface area contributed by atoms with Crippen molar-refractivity contribution in [1.29, 1.82) is 0 Å². The average Bonchev–Trinajstić information content (AvgIpc) is 3.10. The van der Waals surface area contributed by atoms with Crippen molar-refractivity contribution in [1.82, 2.24) is 9.78 Å². The first-order valence-corrected chi connectivity index (χ1v) is 8.22. The van der Waals surface area contributed by atoms with E-state index in [9.17, 15) is 26.7 Å². The van der Waals surface area contributed by atoms with Crippen LogP contribution < -0.4 is 5.32 Å². The molecular formula is C18H11ClF5N3O. The Balaban J connectivity index is 1.77. The summed E-state index contributed by atoms with van der Waals surface area (Å²) in [4.78, 5) is 12.1. The highest BCUT2D eigenvalue weighted by Gasteiger charge is 2.27. The molecule has 0 atom stereocenters. The number of carbonyl (C=O) groups is 1. The molecule has 1 aromatic heterocycles. The number of hydrogen-bond acceptors (Lipinski definition) is 2. The van der Waals surface area contributed by atoms with Crippen LogP contribution >= 0.6 is 11.6 Å². The maximum absolute atomic E-state index is 13.7. The first kappa shape index (κ1) is 19.8. The van der Waals surface area contributed by atoms with Crippen LogP contribution in [0.3, 0.4) is 0 Å². The van der Waals surface area contributed by atoms with Gasteiger partial charge in [-0.3, -0.25) is 4.79 Å². The molecule has 0 saturated heterocycles. The molecule has 3 aromatic rings. The predicted octanol–water partition coefficient (Wildman–Crippen LogP) is 4.46. The van der Waals surface area contributed by atoms with E-state index in [1.165, 1.54) is 16.9 Å². The van der Waals surface area contributed by atoms with Crippen molar-refractivity contribution in [2.24, 2.45) is 0 Å². The van der Waals surface area contributed by atoms with Gasteiger partial charge in [-0.2, -0.15) is 5.10 Å². The molecule has 1 heterocycles. The van der Waals surface area contributed by atoms with Crippen molar-refractivity contribution in [2.75, 3.05) is 5.32 Å². The molecule has 1 N–H and O–H groups in total. The second-order valence-electron chi connectivity index (χ2n) is 5.77. The van der Waals surface area contributed by atoms with Crippen LogP contribution in [-0.2, 0) is 17.8 Å². The van der Waals surface area contributed by atoms with Crippen molar-refractivity contribution >= 4 is 23.3 Å². The van der Waals surface area contributed by atoms with E-state index in [4.69, 9.17) is 11.6 Å². The zero-order valence-electron chi connectivity index (χ0n) is 13.9. The molecule has 0 spiro atoms. The molecule has 2 aromatic carbocycles.